The van der Waals surface area contributed by atoms with Crippen molar-refractivity contribution in [1.82, 2.24) is 21.3 Å². The van der Waals surface area contributed by atoms with E-state index in [-0.39, 0.29) is 24.3 Å². The third-order valence-electron chi connectivity index (χ3n) is 9.77. The molecule has 0 aromatic heterocycles. The number of ether oxygens (including phenoxy) is 2. The SMILES string of the molecule is CNC(=O)[C@@H](NC(=O)[C@H](OCc1cccc(C(=O)Nc2ccccc2)c1)[C@H](O)[C@@H](O)[C@@H](OCc1cccc(C(=O)Nc2ccccc2)c1)C(=O)N[C@H](C(=O)NC)C(C)C)C(C)C. The van der Waals surface area contributed by atoms with Gasteiger partial charge in [-0.05, 0) is 71.5 Å². The molecule has 16 heteroatoms. The Hall–Kier alpha value is -6.46. The zero-order valence-electron chi connectivity index (χ0n) is 35.6. The number of likely N-dealkylation sites (N-methyl/N-ethyl adjacent to an activating group) is 2. The molecule has 6 atom stereocenters. The van der Waals surface area contributed by atoms with Gasteiger partial charge in [-0.25, -0.2) is 0 Å². The Kier molecular flexibility index (Phi) is 18.3. The van der Waals surface area contributed by atoms with Crippen LogP contribution in [0.4, 0.5) is 11.4 Å². The molecule has 0 heterocycles. The summed E-state index contributed by atoms with van der Waals surface area (Å²) in [6.07, 6.45) is -8.23. The van der Waals surface area contributed by atoms with Gasteiger partial charge in [0.05, 0.1) is 13.2 Å². The molecule has 62 heavy (non-hydrogen) atoms. The Bertz CT molecular complexity index is 1980. The number of anilines is 2. The van der Waals surface area contributed by atoms with E-state index < -0.39 is 83.8 Å². The standard InChI is InChI=1S/C46H56N6O10/c1-27(2)35(43(57)47-5)51-45(59)39(61-25-29-15-13-17-31(23-29)41(55)49-33-19-9-7-10-20-33)37(53)38(54)40(46(60)52-36(28(3)4)44(58)48-6)62-26-30-16-14-18-32(24-30)42(56)50-34-21-11-8-12-22-34/h7-24,27-28,35-40,53-54H,25-26H2,1-6H3,(H,47,57)(H,48,58)(H,49,55)(H,50,56)(H,51,59)(H,52,60)/t35-,36-,37+,38+,39+,40+/m0/s1. The molecule has 16 nitrogen and oxygen atoms in total. The second-order valence-corrected chi connectivity index (χ2v) is 15.2. The summed E-state index contributed by atoms with van der Waals surface area (Å²) < 4.78 is 12.0. The number of carbonyl (C=O) groups excluding carboxylic acids is 6. The maximum atomic E-state index is 14.0. The molecule has 4 aromatic carbocycles. The van der Waals surface area contributed by atoms with E-state index in [0.717, 1.165) is 0 Å². The molecule has 4 rings (SSSR count). The number of aliphatic hydroxyl groups is 2. The highest BCUT2D eigenvalue weighted by atomic mass is 16.5. The van der Waals surface area contributed by atoms with Gasteiger partial charge in [0.1, 0.15) is 24.3 Å². The number of rotatable bonds is 21. The molecular formula is C46H56N6O10. The molecule has 4 aromatic rings. The Morgan fingerprint density at radius 1 is 0.500 bits per heavy atom. The Balaban J connectivity index is 1.65. The fourth-order valence-electron chi connectivity index (χ4n) is 6.29. The van der Waals surface area contributed by atoms with Crippen LogP contribution in [0.1, 0.15) is 59.5 Å². The fraction of sp³-hybridized carbons (Fsp3) is 0.348. The number of hydrogen-bond acceptors (Lipinski definition) is 10. The van der Waals surface area contributed by atoms with Gasteiger partial charge in [-0.15, -0.1) is 0 Å². The molecule has 8 N–H and O–H groups in total. The summed E-state index contributed by atoms with van der Waals surface area (Å²) in [7, 11) is 2.79. The van der Waals surface area contributed by atoms with Crippen LogP contribution in [0.3, 0.4) is 0 Å². The average molecular weight is 853 g/mol. The van der Waals surface area contributed by atoms with Gasteiger partial charge in [0.15, 0.2) is 12.2 Å². The number of carbonyl (C=O) groups is 6. The van der Waals surface area contributed by atoms with Crippen molar-refractivity contribution in [2.75, 3.05) is 24.7 Å². The van der Waals surface area contributed by atoms with Crippen LogP contribution in [0.25, 0.3) is 0 Å². The maximum Gasteiger partial charge on any atom is 0.255 e. The van der Waals surface area contributed by atoms with Gasteiger partial charge < -0.3 is 51.6 Å². The molecule has 0 aliphatic carbocycles. The Labute approximate surface area is 361 Å². The van der Waals surface area contributed by atoms with Crippen LogP contribution in [-0.2, 0) is 41.9 Å². The van der Waals surface area contributed by atoms with Crippen LogP contribution in [0.5, 0.6) is 0 Å². The van der Waals surface area contributed by atoms with Crippen molar-refractivity contribution in [2.24, 2.45) is 11.8 Å². The number of hydrogen-bond donors (Lipinski definition) is 8. The van der Waals surface area contributed by atoms with Crippen molar-refractivity contribution in [2.45, 2.75) is 77.4 Å². The molecule has 0 saturated carbocycles. The minimum Gasteiger partial charge on any atom is -0.387 e. The number of benzene rings is 4. The monoisotopic (exact) mass is 852 g/mol. The lowest BCUT2D eigenvalue weighted by atomic mass is 9.98. The first-order chi connectivity index (χ1) is 29.6. The van der Waals surface area contributed by atoms with Crippen LogP contribution in [0.2, 0.25) is 0 Å². The molecular weight excluding hydrogens is 797 g/mol. The van der Waals surface area contributed by atoms with Gasteiger partial charge in [-0.2, -0.15) is 0 Å². The van der Waals surface area contributed by atoms with E-state index in [2.05, 4.69) is 31.9 Å². The summed E-state index contributed by atoms with van der Waals surface area (Å²) in [5.74, 6) is -4.76. The molecule has 0 aliphatic rings. The van der Waals surface area contributed by atoms with Crippen LogP contribution in [0.15, 0.2) is 109 Å². The highest BCUT2D eigenvalue weighted by molar-refractivity contribution is 6.05. The van der Waals surface area contributed by atoms with Crippen molar-refractivity contribution >= 4 is 46.8 Å². The summed E-state index contributed by atoms with van der Waals surface area (Å²) in [6, 6.07) is 28.1. The van der Waals surface area contributed by atoms with Crippen molar-refractivity contribution in [1.29, 1.82) is 0 Å². The van der Waals surface area contributed by atoms with Gasteiger partial charge in [-0.1, -0.05) is 88.4 Å². The van der Waals surface area contributed by atoms with E-state index in [4.69, 9.17) is 9.47 Å². The first-order valence-corrected chi connectivity index (χ1v) is 20.2. The zero-order valence-corrected chi connectivity index (χ0v) is 35.6. The number of nitrogens with one attached hydrogen (secondary N) is 6. The summed E-state index contributed by atoms with van der Waals surface area (Å²) in [4.78, 5) is 79.8. The lowest BCUT2D eigenvalue weighted by molar-refractivity contribution is -0.171. The van der Waals surface area contributed by atoms with E-state index in [1.165, 1.54) is 26.2 Å². The molecule has 330 valence electrons. The second-order valence-electron chi connectivity index (χ2n) is 15.2. The van der Waals surface area contributed by atoms with E-state index in [0.29, 0.717) is 22.5 Å². The molecule has 0 radical (unpaired) electrons. The molecule has 0 aliphatic heterocycles. The normalized spacial score (nSPS) is 14.0. The molecule has 0 bridgehead atoms. The van der Waals surface area contributed by atoms with Gasteiger partial charge in [0.2, 0.25) is 11.8 Å². The van der Waals surface area contributed by atoms with Crippen molar-refractivity contribution < 1.29 is 48.5 Å². The summed E-state index contributed by atoms with van der Waals surface area (Å²) in [5, 5.41) is 39.5. The van der Waals surface area contributed by atoms with E-state index in [1.54, 1.807) is 113 Å². The highest BCUT2D eigenvalue weighted by Gasteiger charge is 2.43. The van der Waals surface area contributed by atoms with Gasteiger partial charge >= 0.3 is 0 Å². The van der Waals surface area contributed by atoms with Gasteiger partial charge in [0, 0.05) is 36.6 Å². The minimum atomic E-state index is -2.19. The van der Waals surface area contributed by atoms with E-state index in [1.807, 2.05) is 12.1 Å². The quantitative estimate of drug-likeness (QED) is 0.0610. The topological polar surface area (TPSA) is 234 Å². The lowest BCUT2D eigenvalue weighted by Gasteiger charge is -2.33. The maximum absolute atomic E-state index is 14.0. The third-order valence-corrected chi connectivity index (χ3v) is 9.77. The summed E-state index contributed by atoms with van der Waals surface area (Å²) in [6.45, 7) is 6.03. The molecule has 0 fully saturated rings. The van der Waals surface area contributed by atoms with Crippen LogP contribution in [0, 0.1) is 11.8 Å². The predicted octanol–water partition coefficient (Wildman–Crippen LogP) is 3.16. The fourth-order valence-corrected chi connectivity index (χ4v) is 6.29. The molecule has 0 spiro atoms. The summed E-state index contributed by atoms with van der Waals surface area (Å²) >= 11 is 0. The minimum absolute atomic E-state index is 0.263. The first kappa shape index (κ1) is 48.2. The average Bonchev–Trinajstić information content (AvgIpc) is 3.27. The number of aliphatic hydroxyl groups excluding tert-OH is 2. The molecule has 0 saturated heterocycles. The number of para-hydroxylation sites is 2. The smallest absolute Gasteiger partial charge is 0.255 e. The summed E-state index contributed by atoms with van der Waals surface area (Å²) in [5.41, 5.74) is 2.48. The number of amides is 6. The lowest BCUT2D eigenvalue weighted by Crippen LogP contribution is -2.60. The Morgan fingerprint density at radius 2 is 0.855 bits per heavy atom. The third kappa shape index (κ3) is 13.8. The largest absolute Gasteiger partial charge is 0.387 e. The highest BCUT2D eigenvalue weighted by Crippen LogP contribution is 2.20. The van der Waals surface area contributed by atoms with Crippen LogP contribution < -0.4 is 31.9 Å². The van der Waals surface area contributed by atoms with Gasteiger partial charge in [-0.3, -0.25) is 28.8 Å². The zero-order chi connectivity index (χ0) is 45.3. The van der Waals surface area contributed by atoms with Crippen molar-refractivity contribution in [3.63, 3.8) is 0 Å². The molecule has 0 unspecified atom stereocenters. The van der Waals surface area contributed by atoms with Crippen LogP contribution in [-0.4, -0.2) is 96.3 Å². The predicted molar refractivity (Wildman–Crippen MR) is 233 cm³/mol. The first-order valence-electron chi connectivity index (χ1n) is 20.2. The Morgan fingerprint density at radius 3 is 1.18 bits per heavy atom. The van der Waals surface area contributed by atoms with Crippen molar-refractivity contribution in [3.05, 3.63) is 131 Å². The van der Waals surface area contributed by atoms with Crippen molar-refractivity contribution in [3.8, 4) is 0 Å². The van der Waals surface area contributed by atoms with Crippen LogP contribution >= 0.6 is 0 Å². The second kappa shape index (κ2) is 23.5. The van der Waals surface area contributed by atoms with E-state index in [9.17, 15) is 39.0 Å². The molecule has 6 amide bonds. The van der Waals surface area contributed by atoms with E-state index >= 15 is 0 Å². The van der Waals surface area contributed by atoms with Gasteiger partial charge in [0.25, 0.3) is 23.6 Å².